The van der Waals surface area contributed by atoms with Crippen molar-refractivity contribution in [3.05, 3.63) is 12.8 Å². The van der Waals surface area contributed by atoms with E-state index >= 15 is 0 Å². The standard InChI is InChI=1S/C6H7NO3/c1-2-9-6(8)10-5-3-4-7/h2H,1,3,5H2. The minimum Gasteiger partial charge on any atom is -0.433 e. The van der Waals surface area contributed by atoms with Crippen LogP contribution in [0.2, 0.25) is 0 Å². The molecule has 0 unspecified atom stereocenters. The van der Waals surface area contributed by atoms with E-state index in [0.29, 0.717) is 0 Å². The first kappa shape index (κ1) is 8.50. The molecule has 0 fully saturated rings. The van der Waals surface area contributed by atoms with Gasteiger partial charge in [0.25, 0.3) is 0 Å². The van der Waals surface area contributed by atoms with Crippen LogP contribution in [0.3, 0.4) is 0 Å². The van der Waals surface area contributed by atoms with Crippen LogP contribution in [0.4, 0.5) is 4.79 Å². The summed E-state index contributed by atoms with van der Waals surface area (Å²) in [7, 11) is 0. The Morgan fingerprint density at radius 3 is 3.00 bits per heavy atom. The van der Waals surface area contributed by atoms with Crippen LogP contribution in [0.5, 0.6) is 0 Å². The summed E-state index contributed by atoms with van der Waals surface area (Å²) in [6, 6.07) is 1.81. The molecule has 0 saturated carbocycles. The van der Waals surface area contributed by atoms with Crippen LogP contribution in [0, 0.1) is 11.3 Å². The van der Waals surface area contributed by atoms with Crippen LogP contribution < -0.4 is 0 Å². The second kappa shape index (κ2) is 5.63. The third-order valence-corrected chi connectivity index (χ3v) is 0.613. The highest BCUT2D eigenvalue weighted by atomic mass is 16.7. The fourth-order valence-electron chi connectivity index (χ4n) is 0.282. The molecule has 0 spiro atoms. The van der Waals surface area contributed by atoms with E-state index in [-0.39, 0.29) is 13.0 Å². The molecule has 0 rings (SSSR count). The van der Waals surface area contributed by atoms with Gasteiger partial charge in [-0.25, -0.2) is 4.79 Å². The molecule has 0 aromatic carbocycles. The lowest BCUT2D eigenvalue weighted by Crippen LogP contribution is -2.03. The molecule has 10 heavy (non-hydrogen) atoms. The van der Waals surface area contributed by atoms with E-state index in [9.17, 15) is 4.79 Å². The number of nitrogens with zero attached hydrogens (tertiary/aromatic N) is 1. The maximum Gasteiger partial charge on any atom is 0.513 e. The lowest BCUT2D eigenvalue weighted by molar-refractivity contribution is 0.0868. The molecule has 4 nitrogen and oxygen atoms in total. The number of nitriles is 1. The Bertz CT molecular complexity index is 159. The quantitative estimate of drug-likeness (QED) is 0.336. The van der Waals surface area contributed by atoms with Crippen molar-refractivity contribution >= 4 is 6.16 Å². The summed E-state index contributed by atoms with van der Waals surface area (Å²) in [6.45, 7) is 3.20. The summed E-state index contributed by atoms with van der Waals surface area (Å²) in [5.41, 5.74) is 0. The van der Waals surface area contributed by atoms with Crippen molar-refractivity contribution in [3.8, 4) is 6.07 Å². The van der Waals surface area contributed by atoms with Crippen molar-refractivity contribution in [2.45, 2.75) is 6.42 Å². The van der Waals surface area contributed by atoms with Gasteiger partial charge in [-0.3, -0.25) is 0 Å². The average Bonchev–Trinajstić information content (AvgIpc) is 1.89. The maximum atomic E-state index is 10.3. The third-order valence-electron chi connectivity index (χ3n) is 0.613. The molecule has 0 bridgehead atoms. The van der Waals surface area contributed by atoms with Crippen molar-refractivity contribution in [3.63, 3.8) is 0 Å². The van der Waals surface area contributed by atoms with E-state index < -0.39 is 6.16 Å². The van der Waals surface area contributed by atoms with Gasteiger partial charge in [-0.15, -0.1) is 0 Å². The van der Waals surface area contributed by atoms with Crippen LogP contribution in [0.15, 0.2) is 12.8 Å². The Balaban J connectivity index is 3.23. The van der Waals surface area contributed by atoms with Crippen molar-refractivity contribution in [1.82, 2.24) is 0 Å². The molecule has 0 aromatic rings. The number of hydrogen-bond donors (Lipinski definition) is 0. The molecule has 0 heterocycles. The largest absolute Gasteiger partial charge is 0.513 e. The molecule has 0 amide bonds. The Kier molecular flexibility index (Phi) is 4.79. The Hall–Kier alpha value is -1.50. The highest BCUT2D eigenvalue weighted by Crippen LogP contribution is 1.86. The van der Waals surface area contributed by atoms with Gasteiger partial charge in [0.1, 0.15) is 6.61 Å². The van der Waals surface area contributed by atoms with Gasteiger partial charge in [0.15, 0.2) is 0 Å². The molecular weight excluding hydrogens is 134 g/mol. The SMILES string of the molecule is C=COC(=O)OCCC#N. The first-order valence-corrected chi connectivity index (χ1v) is 2.62. The monoisotopic (exact) mass is 141 g/mol. The van der Waals surface area contributed by atoms with Crippen LogP contribution in [0.25, 0.3) is 0 Å². The van der Waals surface area contributed by atoms with Gasteiger partial charge in [-0.1, -0.05) is 6.58 Å². The van der Waals surface area contributed by atoms with E-state index in [1.165, 1.54) is 0 Å². The lowest BCUT2D eigenvalue weighted by atomic mass is 10.5. The Morgan fingerprint density at radius 1 is 1.80 bits per heavy atom. The first-order chi connectivity index (χ1) is 4.81. The minimum absolute atomic E-state index is 0.0587. The number of hydrogen-bond acceptors (Lipinski definition) is 4. The number of carbonyl (C=O) groups excluding carboxylic acids is 1. The predicted molar refractivity (Wildman–Crippen MR) is 32.9 cm³/mol. The smallest absolute Gasteiger partial charge is 0.433 e. The van der Waals surface area contributed by atoms with Crippen molar-refractivity contribution in [1.29, 1.82) is 5.26 Å². The zero-order chi connectivity index (χ0) is 7.82. The second-order valence-corrected chi connectivity index (χ2v) is 1.29. The van der Waals surface area contributed by atoms with Crippen LogP contribution in [-0.4, -0.2) is 12.8 Å². The summed E-state index contributed by atoms with van der Waals surface area (Å²) < 4.78 is 8.55. The molecule has 4 heteroatoms. The molecule has 0 atom stereocenters. The molecule has 0 aliphatic heterocycles. The molecule has 0 N–H and O–H groups in total. The molecule has 0 aliphatic carbocycles. The fourth-order valence-corrected chi connectivity index (χ4v) is 0.282. The fraction of sp³-hybridized carbons (Fsp3) is 0.333. The van der Waals surface area contributed by atoms with Crippen molar-refractivity contribution < 1.29 is 14.3 Å². The van der Waals surface area contributed by atoms with Crippen LogP contribution >= 0.6 is 0 Å². The number of ether oxygens (including phenoxy) is 2. The number of rotatable bonds is 3. The van der Waals surface area contributed by atoms with Crippen molar-refractivity contribution in [2.75, 3.05) is 6.61 Å². The lowest BCUT2D eigenvalue weighted by Gasteiger charge is -1.97. The maximum absolute atomic E-state index is 10.3. The molecule has 54 valence electrons. The molecule has 0 aliphatic rings. The van der Waals surface area contributed by atoms with E-state index in [1.807, 2.05) is 0 Å². The summed E-state index contributed by atoms with van der Waals surface area (Å²) in [5, 5.41) is 8.01. The summed E-state index contributed by atoms with van der Waals surface area (Å²) in [6.07, 6.45) is 0.311. The normalized spacial score (nSPS) is 7.50. The van der Waals surface area contributed by atoms with E-state index in [4.69, 9.17) is 5.26 Å². The van der Waals surface area contributed by atoms with E-state index in [2.05, 4.69) is 16.1 Å². The average molecular weight is 141 g/mol. The summed E-state index contributed by atoms with van der Waals surface area (Å²) >= 11 is 0. The van der Waals surface area contributed by atoms with Gasteiger partial charge >= 0.3 is 6.16 Å². The van der Waals surface area contributed by atoms with Gasteiger partial charge in [-0.05, 0) is 0 Å². The third kappa shape index (κ3) is 4.65. The molecule has 0 radical (unpaired) electrons. The Labute approximate surface area is 58.7 Å². The van der Waals surface area contributed by atoms with Gasteiger partial charge in [-0.2, -0.15) is 5.26 Å². The van der Waals surface area contributed by atoms with Crippen LogP contribution in [0.1, 0.15) is 6.42 Å². The van der Waals surface area contributed by atoms with E-state index in [0.717, 1.165) is 6.26 Å². The molecule has 0 saturated heterocycles. The summed E-state index contributed by atoms with van der Waals surface area (Å²) in [5.74, 6) is 0. The second-order valence-electron chi connectivity index (χ2n) is 1.29. The topological polar surface area (TPSA) is 59.3 Å². The summed E-state index contributed by atoms with van der Waals surface area (Å²) in [4.78, 5) is 10.3. The molecular formula is C6H7NO3. The van der Waals surface area contributed by atoms with Gasteiger partial charge in [0.2, 0.25) is 0 Å². The Morgan fingerprint density at radius 2 is 2.50 bits per heavy atom. The van der Waals surface area contributed by atoms with Gasteiger partial charge in [0, 0.05) is 0 Å². The first-order valence-electron chi connectivity index (χ1n) is 2.62. The van der Waals surface area contributed by atoms with Crippen LogP contribution in [-0.2, 0) is 9.47 Å². The molecule has 0 aromatic heterocycles. The highest BCUT2D eigenvalue weighted by molar-refractivity contribution is 5.60. The minimum atomic E-state index is -0.828. The van der Waals surface area contributed by atoms with Gasteiger partial charge in [0.05, 0.1) is 18.8 Å². The zero-order valence-corrected chi connectivity index (χ0v) is 5.37. The highest BCUT2D eigenvalue weighted by Gasteiger charge is 1.98. The zero-order valence-electron chi connectivity index (χ0n) is 5.37. The number of carbonyl (C=O) groups is 1. The van der Waals surface area contributed by atoms with Crippen molar-refractivity contribution in [2.24, 2.45) is 0 Å². The predicted octanol–water partition coefficient (Wildman–Crippen LogP) is 1.20. The van der Waals surface area contributed by atoms with E-state index in [1.54, 1.807) is 6.07 Å². The van der Waals surface area contributed by atoms with Gasteiger partial charge < -0.3 is 9.47 Å².